The fourth-order valence-corrected chi connectivity index (χ4v) is 9.02. The summed E-state index contributed by atoms with van der Waals surface area (Å²) in [6, 6.07) is 74.1. The van der Waals surface area contributed by atoms with E-state index in [9.17, 15) is 0 Å². The molecule has 1 nitrogen and oxygen atoms in total. The lowest BCUT2D eigenvalue weighted by atomic mass is 9.96. The molecule has 9 rings (SSSR count). The molecule has 0 bridgehead atoms. The number of fused-ring (bicyclic) bond motifs is 1. The van der Waals surface area contributed by atoms with E-state index in [1.165, 1.54) is 59.5 Å². The molecule has 0 spiro atoms. The summed E-state index contributed by atoms with van der Waals surface area (Å²) in [6.45, 7) is 19.2. The van der Waals surface area contributed by atoms with Gasteiger partial charge < -0.3 is 0 Å². The van der Waals surface area contributed by atoms with Crippen molar-refractivity contribution in [2.45, 2.75) is 20.8 Å². The third kappa shape index (κ3) is 10.2. The molecule has 0 amide bonds. The van der Waals surface area contributed by atoms with Crippen LogP contribution in [0.3, 0.4) is 0 Å². The van der Waals surface area contributed by atoms with E-state index >= 15 is 0 Å². The molecule has 64 heavy (non-hydrogen) atoms. The van der Waals surface area contributed by atoms with E-state index in [0.717, 1.165) is 50.4 Å². The standard InChI is InChI=1S/C33H27NS.C29H24/c1-22(2)25-17-19-27(20-18-25)32(33-23(3)30-15-8-9-16-31(30)35-33)34-24(4)28-13-10-14-29(21-28)26-11-6-5-7-12-26;1-22(26-15-9-17-28(20-26)24-11-5-3-6-12-24)19-23(2)27-16-10-18-29(21-27)25-13-7-4-8-14-25/h5-21H,1,4H2,2-3H3;3-21H,1H2,2H3/b;23-19+. The number of benzene rings is 8. The average Bonchev–Trinajstić information content (AvgIpc) is 3.69. The van der Waals surface area contributed by atoms with Gasteiger partial charge in [0.2, 0.25) is 0 Å². The molecule has 2 heteroatoms. The van der Waals surface area contributed by atoms with Crippen molar-refractivity contribution in [1.29, 1.82) is 0 Å². The van der Waals surface area contributed by atoms with Crippen LogP contribution in [0.25, 0.3) is 65.9 Å². The van der Waals surface area contributed by atoms with Crippen molar-refractivity contribution in [3.8, 4) is 33.4 Å². The highest BCUT2D eigenvalue weighted by Crippen LogP contribution is 2.35. The Hall–Kier alpha value is -7.65. The van der Waals surface area contributed by atoms with Crippen molar-refractivity contribution in [1.82, 2.24) is 0 Å². The molecule has 310 valence electrons. The molecular formula is C62H51NS. The Labute approximate surface area is 383 Å². The van der Waals surface area contributed by atoms with Crippen LogP contribution < -0.4 is 0 Å². The number of hydrogen-bond donors (Lipinski definition) is 0. The van der Waals surface area contributed by atoms with Crippen LogP contribution >= 0.6 is 11.3 Å². The molecule has 0 unspecified atom stereocenters. The first kappa shape index (κ1) is 43.0. The third-order valence-corrected chi connectivity index (χ3v) is 12.7. The molecule has 8 aromatic carbocycles. The van der Waals surface area contributed by atoms with Crippen molar-refractivity contribution in [2.75, 3.05) is 0 Å². The Kier molecular flexibility index (Phi) is 13.5. The Morgan fingerprint density at radius 2 is 0.875 bits per heavy atom. The molecule has 0 radical (unpaired) electrons. The van der Waals surface area contributed by atoms with Gasteiger partial charge in [-0.15, -0.1) is 11.3 Å². The first-order chi connectivity index (χ1) is 31.2. The number of hydrogen-bond acceptors (Lipinski definition) is 2. The predicted octanol–water partition coefficient (Wildman–Crippen LogP) is 17.6. The Morgan fingerprint density at radius 3 is 1.41 bits per heavy atom. The van der Waals surface area contributed by atoms with Crippen LogP contribution in [0.5, 0.6) is 0 Å². The summed E-state index contributed by atoms with van der Waals surface area (Å²) in [4.78, 5) is 6.34. The largest absolute Gasteiger partial charge is 0.247 e. The van der Waals surface area contributed by atoms with Crippen LogP contribution in [0.4, 0.5) is 0 Å². The van der Waals surface area contributed by atoms with Crippen molar-refractivity contribution in [2.24, 2.45) is 4.99 Å². The van der Waals surface area contributed by atoms with Gasteiger partial charge >= 0.3 is 0 Å². The zero-order valence-corrected chi connectivity index (χ0v) is 37.6. The van der Waals surface area contributed by atoms with Gasteiger partial charge in [0.05, 0.1) is 16.3 Å². The fraction of sp³-hybridized carbons (Fsp3) is 0.0484. The monoisotopic (exact) mass is 841 g/mol. The zero-order chi connectivity index (χ0) is 44.4. The van der Waals surface area contributed by atoms with Gasteiger partial charge in [-0.05, 0) is 117 Å². The van der Waals surface area contributed by atoms with Crippen LogP contribution in [0, 0.1) is 6.92 Å². The van der Waals surface area contributed by atoms with Gasteiger partial charge in [0.15, 0.2) is 0 Å². The minimum Gasteiger partial charge on any atom is -0.247 e. The Morgan fingerprint density at radius 1 is 0.438 bits per heavy atom. The van der Waals surface area contributed by atoms with Crippen molar-refractivity contribution < 1.29 is 0 Å². The van der Waals surface area contributed by atoms with Crippen LogP contribution in [0.15, 0.2) is 243 Å². The second-order valence-corrected chi connectivity index (χ2v) is 17.1. The molecule has 1 heterocycles. The lowest BCUT2D eigenvalue weighted by Crippen LogP contribution is -2.04. The Balaban J connectivity index is 0.000000178. The minimum absolute atomic E-state index is 0.749. The minimum atomic E-state index is 0.749. The lowest BCUT2D eigenvalue weighted by Gasteiger charge is -2.11. The molecule has 0 fully saturated rings. The summed E-state index contributed by atoms with van der Waals surface area (Å²) < 4.78 is 1.27. The van der Waals surface area contributed by atoms with Gasteiger partial charge in [-0.3, -0.25) is 0 Å². The van der Waals surface area contributed by atoms with Gasteiger partial charge in [0.1, 0.15) is 0 Å². The molecular weight excluding hydrogens is 791 g/mol. The van der Waals surface area contributed by atoms with E-state index in [2.05, 4.69) is 234 Å². The van der Waals surface area contributed by atoms with Gasteiger partial charge in [0, 0.05) is 15.8 Å². The second kappa shape index (κ2) is 20.0. The quantitative estimate of drug-likeness (QED) is 0.0909. The van der Waals surface area contributed by atoms with Crippen molar-refractivity contribution in [3.63, 3.8) is 0 Å². The van der Waals surface area contributed by atoms with Crippen LogP contribution in [0.1, 0.15) is 52.1 Å². The fourth-order valence-electron chi connectivity index (χ4n) is 7.80. The van der Waals surface area contributed by atoms with Gasteiger partial charge in [0.25, 0.3) is 0 Å². The normalized spacial score (nSPS) is 11.4. The van der Waals surface area contributed by atoms with E-state index in [1.807, 2.05) is 25.1 Å². The number of aliphatic imine (C=N–C) groups is 1. The number of allylic oxidation sites excluding steroid dienone is 4. The number of rotatable bonds is 11. The molecule has 0 aliphatic carbocycles. The highest BCUT2D eigenvalue weighted by atomic mass is 32.1. The lowest BCUT2D eigenvalue weighted by molar-refractivity contribution is 1.47. The molecule has 0 atom stereocenters. The van der Waals surface area contributed by atoms with Crippen LogP contribution in [-0.2, 0) is 0 Å². The molecule has 9 aromatic rings. The van der Waals surface area contributed by atoms with E-state index < -0.39 is 0 Å². The SMILES string of the molecule is C=C(/C=C(\C)c1cccc(-c2ccccc2)c1)c1cccc(-c2ccccc2)c1.C=C(C)c1ccc(C(=NC(=C)c2cccc(-c3ccccc3)c2)c2sc3ccccc3c2C)cc1. The highest BCUT2D eigenvalue weighted by Gasteiger charge is 2.17. The van der Waals surface area contributed by atoms with Crippen molar-refractivity contribution >= 4 is 49.6 Å². The molecule has 0 N–H and O–H groups in total. The molecule has 0 saturated heterocycles. The number of nitrogens with zero attached hydrogens (tertiary/aromatic N) is 1. The summed E-state index contributed by atoms with van der Waals surface area (Å²) in [6.07, 6.45) is 2.17. The van der Waals surface area contributed by atoms with E-state index in [4.69, 9.17) is 4.99 Å². The van der Waals surface area contributed by atoms with Gasteiger partial charge in [-0.25, -0.2) is 4.99 Å². The highest BCUT2D eigenvalue weighted by molar-refractivity contribution is 7.21. The van der Waals surface area contributed by atoms with Crippen molar-refractivity contribution in [3.05, 3.63) is 276 Å². The van der Waals surface area contributed by atoms with Gasteiger partial charge in [-0.1, -0.05) is 219 Å². The maximum absolute atomic E-state index is 5.16. The summed E-state index contributed by atoms with van der Waals surface area (Å²) in [7, 11) is 0. The first-order valence-electron chi connectivity index (χ1n) is 21.6. The number of thiophene rings is 1. The first-order valence-corrected chi connectivity index (χ1v) is 22.4. The molecule has 0 saturated carbocycles. The van der Waals surface area contributed by atoms with Crippen LogP contribution in [-0.4, -0.2) is 5.71 Å². The van der Waals surface area contributed by atoms with E-state index in [-0.39, 0.29) is 0 Å². The summed E-state index contributed by atoms with van der Waals surface area (Å²) in [5, 5.41) is 1.27. The molecule has 1 aromatic heterocycles. The Bertz CT molecular complexity index is 3150. The topological polar surface area (TPSA) is 12.4 Å². The number of aryl methyl sites for hydroxylation is 1. The summed E-state index contributed by atoms with van der Waals surface area (Å²) in [5.41, 5.74) is 19.0. The molecule has 0 aliphatic rings. The van der Waals surface area contributed by atoms with Crippen LogP contribution in [0.2, 0.25) is 0 Å². The second-order valence-electron chi connectivity index (χ2n) is 16.0. The maximum Gasteiger partial charge on any atom is 0.0884 e. The summed E-state index contributed by atoms with van der Waals surface area (Å²) in [5.74, 6) is 0. The van der Waals surface area contributed by atoms with E-state index in [1.54, 1.807) is 11.3 Å². The summed E-state index contributed by atoms with van der Waals surface area (Å²) >= 11 is 1.79. The average molecular weight is 842 g/mol. The molecule has 0 aliphatic heterocycles. The van der Waals surface area contributed by atoms with Gasteiger partial charge in [-0.2, -0.15) is 0 Å². The third-order valence-electron chi connectivity index (χ3n) is 11.4. The smallest absolute Gasteiger partial charge is 0.0884 e. The predicted molar refractivity (Wildman–Crippen MR) is 281 cm³/mol. The van der Waals surface area contributed by atoms with E-state index in [0.29, 0.717) is 0 Å². The maximum atomic E-state index is 5.16. The zero-order valence-electron chi connectivity index (χ0n) is 36.8.